The molecule has 1 saturated carbocycles. The van der Waals surface area contributed by atoms with Crippen LogP contribution < -0.4 is 0 Å². The van der Waals surface area contributed by atoms with Gasteiger partial charge in [-0.1, -0.05) is 12.2 Å². The molecule has 0 unspecified atom stereocenters. The third kappa shape index (κ3) is 2.28. The molecule has 0 heterocycles. The molecule has 0 amide bonds. The van der Waals surface area contributed by atoms with Gasteiger partial charge in [-0.05, 0) is 65.1 Å². The molecule has 0 saturated heterocycles. The van der Waals surface area contributed by atoms with Gasteiger partial charge < -0.3 is 15.1 Å². The Morgan fingerprint density at radius 3 is 2.65 bits per heavy atom. The third-order valence-electron chi connectivity index (χ3n) is 4.60. The highest BCUT2D eigenvalue weighted by Crippen LogP contribution is 2.51. The summed E-state index contributed by atoms with van der Waals surface area (Å²) in [5.41, 5.74) is -1.72. The van der Waals surface area contributed by atoms with E-state index >= 15 is 0 Å². The Morgan fingerprint density at radius 1 is 1.24 bits per heavy atom. The van der Waals surface area contributed by atoms with Crippen molar-refractivity contribution in [1.82, 2.24) is 4.90 Å². The Morgan fingerprint density at radius 2 is 1.94 bits per heavy atom. The van der Waals surface area contributed by atoms with E-state index in [-0.39, 0.29) is 5.92 Å². The van der Waals surface area contributed by atoms with Crippen molar-refractivity contribution in [3.63, 3.8) is 0 Å². The molecule has 2 aliphatic carbocycles. The van der Waals surface area contributed by atoms with E-state index in [2.05, 4.69) is 19.0 Å². The lowest BCUT2D eigenvalue weighted by Crippen LogP contribution is -2.54. The number of hydrogen-bond donors (Lipinski definition) is 2. The molecule has 3 atom stereocenters. The number of nitrogens with zero attached hydrogens (tertiary/aromatic N) is 1. The summed E-state index contributed by atoms with van der Waals surface area (Å²) in [5.74, 6) is 0.261. The highest BCUT2D eigenvalue weighted by Gasteiger charge is 2.57. The van der Waals surface area contributed by atoms with Crippen LogP contribution in [0, 0.1) is 5.92 Å². The van der Waals surface area contributed by atoms with Gasteiger partial charge in [0.2, 0.25) is 0 Å². The standard InChI is InChI=1S/C14H25NO2/c1-15(2)11-5-6-12-7-10-13(16)8-3-4-9-14(12,13)17/h3-4,12,16-17H,5-11H2,1-2H3/t12-,13+,14-/m1/s1. The maximum absolute atomic E-state index is 10.8. The molecule has 98 valence electrons. The molecular weight excluding hydrogens is 214 g/mol. The van der Waals surface area contributed by atoms with Gasteiger partial charge in [-0.2, -0.15) is 0 Å². The fourth-order valence-electron chi connectivity index (χ4n) is 3.46. The van der Waals surface area contributed by atoms with Gasteiger partial charge in [0, 0.05) is 0 Å². The van der Waals surface area contributed by atoms with Gasteiger partial charge in [0.25, 0.3) is 0 Å². The Labute approximate surface area is 104 Å². The summed E-state index contributed by atoms with van der Waals surface area (Å²) in [6.45, 7) is 1.06. The second kappa shape index (κ2) is 4.71. The lowest BCUT2D eigenvalue weighted by atomic mass is 9.72. The fraction of sp³-hybridized carbons (Fsp3) is 0.857. The molecule has 0 aromatic rings. The van der Waals surface area contributed by atoms with Crippen LogP contribution in [0.15, 0.2) is 12.2 Å². The maximum Gasteiger partial charge on any atom is 0.0998 e. The summed E-state index contributed by atoms with van der Waals surface area (Å²) in [4.78, 5) is 2.17. The predicted molar refractivity (Wildman–Crippen MR) is 68.8 cm³/mol. The topological polar surface area (TPSA) is 43.7 Å². The minimum absolute atomic E-state index is 0.261. The molecule has 0 aliphatic heterocycles. The minimum atomic E-state index is -0.867. The van der Waals surface area contributed by atoms with E-state index in [0.717, 1.165) is 32.2 Å². The molecule has 1 fully saturated rings. The van der Waals surface area contributed by atoms with E-state index in [0.29, 0.717) is 12.8 Å². The van der Waals surface area contributed by atoms with Gasteiger partial charge >= 0.3 is 0 Å². The molecule has 2 rings (SSSR count). The minimum Gasteiger partial charge on any atom is -0.387 e. The SMILES string of the molecule is CN(C)CCC[C@@H]1CC[C@@]2(O)CC=CC[C@@]12O. The van der Waals surface area contributed by atoms with Crippen LogP contribution in [0.1, 0.15) is 38.5 Å². The first-order valence-electron chi connectivity index (χ1n) is 6.72. The molecule has 0 spiro atoms. The fourth-order valence-corrected chi connectivity index (χ4v) is 3.46. The van der Waals surface area contributed by atoms with Crippen molar-refractivity contribution in [1.29, 1.82) is 0 Å². The molecular formula is C14H25NO2. The van der Waals surface area contributed by atoms with E-state index in [1.807, 2.05) is 12.2 Å². The van der Waals surface area contributed by atoms with Crippen molar-refractivity contribution in [3.8, 4) is 0 Å². The molecule has 17 heavy (non-hydrogen) atoms. The highest BCUT2D eigenvalue weighted by molar-refractivity contribution is 5.18. The first kappa shape index (κ1) is 13.1. The molecule has 0 aromatic heterocycles. The summed E-state index contributed by atoms with van der Waals surface area (Å²) in [6, 6.07) is 0. The van der Waals surface area contributed by atoms with Crippen molar-refractivity contribution in [3.05, 3.63) is 12.2 Å². The summed E-state index contributed by atoms with van der Waals surface area (Å²) < 4.78 is 0. The van der Waals surface area contributed by atoms with Crippen LogP contribution in [0.5, 0.6) is 0 Å². The van der Waals surface area contributed by atoms with Crippen molar-refractivity contribution in [2.45, 2.75) is 49.7 Å². The maximum atomic E-state index is 10.8. The molecule has 3 nitrogen and oxygen atoms in total. The largest absolute Gasteiger partial charge is 0.387 e. The first-order chi connectivity index (χ1) is 7.98. The quantitative estimate of drug-likeness (QED) is 0.732. The third-order valence-corrected chi connectivity index (χ3v) is 4.60. The van der Waals surface area contributed by atoms with Gasteiger partial charge in [0.05, 0.1) is 11.2 Å². The Hall–Kier alpha value is -0.380. The number of aliphatic hydroxyl groups is 2. The van der Waals surface area contributed by atoms with E-state index < -0.39 is 11.2 Å². The second-order valence-corrected chi connectivity index (χ2v) is 6.02. The van der Waals surface area contributed by atoms with Gasteiger partial charge in [0.15, 0.2) is 0 Å². The van der Waals surface area contributed by atoms with Crippen molar-refractivity contribution >= 4 is 0 Å². The van der Waals surface area contributed by atoms with E-state index in [9.17, 15) is 10.2 Å². The normalized spacial score (nSPS) is 40.9. The van der Waals surface area contributed by atoms with Crippen molar-refractivity contribution in [2.24, 2.45) is 5.92 Å². The van der Waals surface area contributed by atoms with E-state index in [4.69, 9.17) is 0 Å². The van der Waals surface area contributed by atoms with Crippen LogP contribution in [0.25, 0.3) is 0 Å². The number of hydrogen-bond acceptors (Lipinski definition) is 3. The van der Waals surface area contributed by atoms with Crippen molar-refractivity contribution in [2.75, 3.05) is 20.6 Å². The van der Waals surface area contributed by atoms with Crippen molar-refractivity contribution < 1.29 is 10.2 Å². The highest BCUT2D eigenvalue weighted by atomic mass is 16.4. The average molecular weight is 239 g/mol. The second-order valence-electron chi connectivity index (χ2n) is 6.02. The van der Waals surface area contributed by atoms with Gasteiger partial charge in [-0.25, -0.2) is 0 Å². The summed E-state index contributed by atoms with van der Waals surface area (Å²) in [7, 11) is 4.14. The van der Waals surface area contributed by atoms with Crippen LogP contribution in [0.2, 0.25) is 0 Å². The predicted octanol–water partition coefficient (Wildman–Crippen LogP) is 1.55. The molecule has 0 bridgehead atoms. The Bertz CT molecular complexity index is 303. The van der Waals surface area contributed by atoms with Crippen LogP contribution in [0.4, 0.5) is 0 Å². The van der Waals surface area contributed by atoms with Crippen LogP contribution in [-0.2, 0) is 0 Å². The summed E-state index contributed by atoms with van der Waals surface area (Å²) >= 11 is 0. The summed E-state index contributed by atoms with van der Waals surface area (Å²) in [6.07, 6.45) is 9.10. The van der Waals surface area contributed by atoms with Crippen LogP contribution in [-0.4, -0.2) is 47.0 Å². The van der Waals surface area contributed by atoms with Gasteiger partial charge in [0.1, 0.15) is 0 Å². The number of rotatable bonds is 4. The zero-order valence-electron chi connectivity index (χ0n) is 11.0. The Kier molecular flexibility index (Phi) is 3.62. The molecule has 3 heteroatoms. The number of fused-ring (bicyclic) bond motifs is 1. The van der Waals surface area contributed by atoms with Crippen LogP contribution in [0.3, 0.4) is 0 Å². The summed E-state index contributed by atoms with van der Waals surface area (Å²) in [5, 5.41) is 21.3. The van der Waals surface area contributed by atoms with E-state index in [1.54, 1.807) is 0 Å². The first-order valence-corrected chi connectivity index (χ1v) is 6.72. The lowest BCUT2D eigenvalue weighted by Gasteiger charge is -2.43. The monoisotopic (exact) mass is 239 g/mol. The molecule has 0 aromatic carbocycles. The van der Waals surface area contributed by atoms with Crippen LogP contribution >= 0.6 is 0 Å². The average Bonchev–Trinajstić information content (AvgIpc) is 2.52. The molecule has 2 N–H and O–H groups in total. The zero-order chi connectivity index (χ0) is 12.5. The molecule has 0 radical (unpaired) electrons. The Balaban J connectivity index is 1.98. The van der Waals surface area contributed by atoms with Gasteiger partial charge in [-0.15, -0.1) is 0 Å². The molecule has 2 aliphatic rings. The zero-order valence-corrected chi connectivity index (χ0v) is 11.0. The smallest absolute Gasteiger partial charge is 0.0998 e. The lowest BCUT2D eigenvalue weighted by molar-refractivity contribution is -0.152. The van der Waals surface area contributed by atoms with E-state index in [1.165, 1.54) is 0 Å². The van der Waals surface area contributed by atoms with Gasteiger partial charge in [-0.3, -0.25) is 0 Å².